The molecule has 1 aliphatic heterocycles. The maximum atomic E-state index is 12.5. The minimum atomic E-state index is -0.329. The molecule has 2 N–H and O–H groups in total. The molecule has 2 heterocycles. The summed E-state index contributed by atoms with van der Waals surface area (Å²) < 4.78 is 0. The lowest BCUT2D eigenvalue weighted by Crippen LogP contribution is -2.44. The van der Waals surface area contributed by atoms with Crippen LogP contribution in [0.5, 0.6) is 0 Å². The van der Waals surface area contributed by atoms with Crippen LogP contribution in [0, 0.1) is 12.8 Å². The molecule has 1 fully saturated rings. The Hall–Kier alpha value is -2.41. The van der Waals surface area contributed by atoms with Crippen molar-refractivity contribution in [2.75, 3.05) is 18.8 Å². The second kappa shape index (κ2) is 8.31. The Morgan fingerprint density at radius 2 is 2.04 bits per heavy atom. The fraction of sp³-hybridized carbons (Fsp3) is 0.368. The molecule has 3 rings (SSSR count). The number of nitrogens with zero attached hydrogens (tertiary/aromatic N) is 3. The maximum Gasteiger partial charge on any atom is 0.233 e. The van der Waals surface area contributed by atoms with Crippen LogP contribution < -0.4 is 5.73 Å². The molecule has 7 heteroatoms. The highest BCUT2D eigenvalue weighted by Crippen LogP contribution is 2.23. The molecule has 0 bridgehead atoms. The average Bonchev–Trinajstić information content (AvgIpc) is 2.66. The lowest BCUT2D eigenvalue weighted by atomic mass is 9.97. The summed E-state index contributed by atoms with van der Waals surface area (Å²) >= 11 is 1.33. The van der Waals surface area contributed by atoms with Gasteiger partial charge in [-0.2, -0.15) is 0 Å². The third-order valence-corrected chi connectivity index (χ3v) is 5.24. The third-order valence-electron chi connectivity index (χ3n) is 4.40. The van der Waals surface area contributed by atoms with E-state index in [2.05, 4.69) is 9.97 Å². The van der Waals surface area contributed by atoms with Gasteiger partial charge in [-0.3, -0.25) is 9.59 Å². The van der Waals surface area contributed by atoms with Gasteiger partial charge in [0.25, 0.3) is 0 Å². The van der Waals surface area contributed by atoms with Crippen molar-refractivity contribution in [2.45, 2.75) is 24.9 Å². The zero-order valence-electron chi connectivity index (χ0n) is 14.7. The molecule has 6 nitrogen and oxygen atoms in total. The summed E-state index contributed by atoms with van der Waals surface area (Å²) in [4.78, 5) is 34.6. The average molecular weight is 370 g/mol. The molecule has 0 radical (unpaired) electrons. The monoisotopic (exact) mass is 370 g/mol. The third kappa shape index (κ3) is 4.60. The molecule has 1 saturated heterocycles. The summed E-state index contributed by atoms with van der Waals surface area (Å²) in [7, 11) is 0. The van der Waals surface area contributed by atoms with Gasteiger partial charge >= 0.3 is 0 Å². The van der Waals surface area contributed by atoms with E-state index in [4.69, 9.17) is 5.73 Å². The molecule has 1 atom stereocenters. The summed E-state index contributed by atoms with van der Waals surface area (Å²) in [5.74, 6) is -0.321. The van der Waals surface area contributed by atoms with Crippen molar-refractivity contribution in [2.24, 2.45) is 11.7 Å². The van der Waals surface area contributed by atoms with Crippen LogP contribution in [0.3, 0.4) is 0 Å². The quantitative estimate of drug-likeness (QED) is 0.644. The first-order valence-corrected chi connectivity index (χ1v) is 9.62. The topological polar surface area (TPSA) is 89.2 Å². The number of hydrogen-bond donors (Lipinski definition) is 1. The minimum absolute atomic E-state index is 0.00711. The Kier molecular flexibility index (Phi) is 5.88. The van der Waals surface area contributed by atoms with Crippen molar-refractivity contribution in [3.63, 3.8) is 0 Å². The molecule has 0 unspecified atom stereocenters. The number of aromatic nitrogens is 2. The number of carbonyl (C=O) groups is 2. The molecule has 2 amide bonds. The Morgan fingerprint density at radius 1 is 1.27 bits per heavy atom. The van der Waals surface area contributed by atoms with Crippen LogP contribution in [-0.4, -0.2) is 45.5 Å². The SMILES string of the molecule is Cc1cc(-c2ccccc2)nc(SCC(=O)N2CCC[C@H](C(N)=O)C2)n1. The van der Waals surface area contributed by atoms with E-state index >= 15 is 0 Å². The standard InChI is InChI=1S/C19H22N4O2S/c1-13-10-16(14-6-3-2-4-7-14)22-19(21-13)26-12-17(24)23-9-5-8-15(11-23)18(20)25/h2-4,6-7,10,15H,5,8-9,11-12H2,1H3,(H2,20,25)/t15-/m0/s1. The number of amides is 2. The molecular weight excluding hydrogens is 348 g/mol. The van der Waals surface area contributed by atoms with E-state index in [9.17, 15) is 9.59 Å². The molecule has 0 aliphatic carbocycles. The van der Waals surface area contributed by atoms with Crippen molar-refractivity contribution >= 4 is 23.6 Å². The minimum Gasteiger partial charge on any atom is -0.369 e. The summed E-state index contributed by atoms with van der Waals surface area (Å²) in [5.41, 5.74) is 8.11. The first-order valence-electron chi connectivity index (χ1n) is 8.64. The van der Waals surface area contributed by atoms with Crippen molar-refractivity contribution in [1.82, 2.24) is 14.9 Å². The number of likely N-dealkylation sites (tertiary alicyclic amines) is 1. The van der Waals surface area contributed by atoms with Gasteiger partial charge < -0.3 is 10.6 Å². The second-order valence-electron chi connectivity index (χ2n) is 6.41. The van der Waals surface area contributed by atoms with Crippen LogP contribution in [0.4, 0.5) is 0 Å². The van der Waals surface area contributed by atoms with Crippen molar-refractivity contribution in [3.05, 3.63) is 42.1 Å². The largest absolute Gasteiger partial charge is 0.369 e. The Bertz CT molecular complexity index is 797. The van der Waals surface area contributed by atoms with Crippen LogP contribution in [0.15, 0.2) is 41.6 Å². The van der Waals surface area contributed by atoms with Gasteiger partial charge in [0.2, 0.25) is 11.8 Å². The molecule has 26 heavy (non-hydrogen) atoms. The number of aryl methyl sites for hydroxylation is 1. The van der Waals surface area contributed by atoms with E-state index in [1.54, 1.807) is 4.90 Å². The van der Waals surface area contributed by atoms with Crippen LogP contribution in [0.25, 0.3) is 11.3 Å². The van der Waals surface area contributed by atoms with Crippen molar-refractivity contribution < 1.29 is 9.59 Å². The van der Waals surface area contributed by atoms with Crippen LogP contribution in [-0.2, 0) is 9.59 Å². The Morgan fingerprint density at radius 3 is 2.77 bits per heavy atom. The van der Waals surface area contributed by atoms with Gasteiger partial charge in [-0.05, 0) is 25.8 Å². The van der Waals surface area contributed by atoms with E-state index in [0.29, 0.717) is 18.2 Å². The lowest BCUT2D eigenvalue weighted by Gasteiger charge is -2.31. The van der Waals surface area contributed by atoms with Gasteiger partial charge in [0.05, 0.1) is 17.4 Å². The summed E-state index contributed by atoms with van der Waals surface area (Å²) in [6.07, 6.45) is 1.57. The van der Waals surface area contributed by atoms with Crippen molar-refractivity contribution in [3.8, 4) is 11.3 Å². The molecule has 1 aromatic carbocycles. The zero-order valence-corrected chi connectivity index (χ0v) is 15.5. The van der Waals surface area contributed by atoms with Gasteiger partial charge in [-0.15, -0.1) is 0 Å². The van der Waals surface area contributed by atoms with Crippen LogP contribution in [0.1, 0.15) is 18.5 Å². The van der Waals surface area contributed by atoms with Gasteiger partial charge in [-0.1, -0.05) is 42.1 Å². The fourth-order valence-electron chi connectivity index (χ4n) is 3.02. The van der Waals surface area contributed by atoms with E-state index in [0.717, 1.165) is 29.8 Å². The lowest BCUT2D eigenvalue weighted by molar-refractivity contribution is -0.132. The van der Waals surface area contributed by atoms with Crippen LogP contribution in [0.2, 0.25) is 0 Å². The smallest absolute Gasteiger partial charge is 0.233 e. The van der Waals surface area contributed by atoms with Gasteiger partial charge in [0.15, 0.2) is 5.16 Å². The number of carbonyl (C=O) groups excluding carboxylic acids is 2. The highest BCUT2D eigenvalue weighted by atomic mass is 32.2. The van der Waals surface area contributed by atoms with Gasteiger partial charge in [0.1, 0.15) is 0 Å². The molecule has 0 saturated carbocycles. The highest BCUT2D eigenvalue weighted by Gasteiger charge is 2.27. The number of thioether (sulfide) groups is 1. The van der Waals surface area contributed by atoms with Crippen LogP contribution >= 0.6 is 11.8 Å². The van der Waals surface area contributed by atoms with E-state index in [-0.39, 0.29) is 23.5 Å². The summed E-state index contributed by atoms with van der Waals surface area (Å²) in [5, 5.41) is 0.584. The fourth-order valence-corrected chi connectivity index (χ4v) is 3.82. The molecular formula is C19H22N4O2S. The highest BCUT2D eigenvalue weighted by molar-refractivity contribution is 7.99. The number of hydrogen-bond acceptors (Lipinski definition) is 5. The van der Waals surface area contributed by atoms with E-state index in [1.807, 2.05) is 43.3 Å². The predicted molar refractivity (Wildman–Crippen MR) is 101 cm³/mol. The van der Waals surface area contributed by atoms with Gasteiger partial charge in [-0.25, -0.2) is 9.97 Å². The van der Waals surface area contributed by atoms with E-state index < -0.39 is 0 Å². The van der Waals surface area contributed by atoms with Crippen molar-refractivity contribution in [1.29, 1.82) is 0 Å². The normalized spacial score (nSPS) is 17.1. The number of piperidine rings is 1. The molecule has 1 aliphatic rings. The molecule has 2 aromatic rings. The zero-order chi connectivity index (χ0) is 18.5. The molecule has 0 spiro atoms. The summed E-state index contributed by atoms with van der Waals surface area (Å²) in [6, 6.07) is 11.8. The predicted octanol–water partition coefficient (Wildman–Crippen LogP) is 2.27. The van der Waals surface area contributed by atoms with Gasteiger partial charge in [0, 0.05) is 24.3 Å². The molecule has 136 valence electrons. The Balaban J connectivity index is 1.65. The number of primary amides is 1. The second-order valence-corrected chi connectivity index (χ2v) is 7.36. The maximum absolute atomic E-state index is 12.5. The number of nitrogens with two attached hydrogens (primary N) is 1. The van der Waals surface area contributed by atoms with E-state index in [1.165, 1.54) is 11.8 Å². The number of benzene rings is 1. The number of rotatable bonds is 5. The first-order chi connectivity index (χ1) is 12.5. The molecule has 1 aromatic heterocycles. The first kappa shape index (κ1) is 18.4. The summed E-state index contributed by atoms with van der Waals surface area (Å²) in [6.45, 7) is 3.01. The Labute approximate surface area is 157 Å².